The zero-order valence-electron chi connectivity index (χ0n) is 22.1. The van der Waals surface area contributed by atoms with Crippen LogP contribution in [-0.4, -0.2) is 30.6 Å². The first kappa shape index (κ1) is 24.9. The summed E-state index contributed by atoms with van der Waals surface area (Å²) < 4.78 is 3.56. The van der Waals surface area contributed by atoms with Gasteiger partial charge in [0.05, 0.1) is 28.3 Å². The number of aromatic hydroxyl groups is 1. The summed E-state index contributed by atoms with van der Waals surface area (Å²) in [4.78, 5) is 12.0. The fourth-order valence-corrected chi connectivity index (χ4v) is 4.71. The summed E-state index contributed by atoms with van der Waals surface area (Å²) in [6.45, 7) is 3.53. The number of aryl methyl sites for hydroxylation is 1. The molecule has 0 aliphatic rings. The van der Waals surface area contributed by atoms with Crippen molar-refractivity contribution in [1.29, 1.82) is 0 Å². The van der Waals surface area contributed by atoms with Crippen LogP contribution in [0.2, 0.25) is 0 Å². The van der Waals surface area contributed by atoms with Crippen molar-refractivity contribution in [1.82, 2.24) is 19.6 Å². The zero-order valence-corrected chi connectivity index (χ0v) is 22.1. The molecule has 7 nitrogen and oxygen atoms in total. The van der Waals surface area contributed by atoms with Gasteiger partial charge < -0.3 is 10.4 Å². The van der Waals surface area contributed by atoms with Gasteiger partial charge in [-0.2, -0.15) is 5.10 Å². The number of nitrogens with zero attached hydrogens (tertiary/aromatic N) is 4. The molecular weight excluding hydrogens is 498 g/mol. The standard InChI is InChI=1S/C33H27N5O2/c1-22-13-15-24(16-14-22)32-20-31(35-38(32)27-11-7-4-8-12-27)25-17-18-30(34-23(2)39)28(19-25)29-21-37(36-33(29)40)26-9-5-3-6-10-26/h3-21H,1-2H3,(H,34,39)(H,36,40). The number of nitrogens with one attached hydrogen (secondary N) is 1. The van der Waals surface area contributed by atoms with E-state index in [-0.39, 0.29) is 11.8 Å². The van der Waals surface area contributed by atoms with Gasteiger partial charge in [0.15, 0.2) is 0 Å². The first-order chi connectivity index (χ1) is 19.5. The lowest BCUT2D eigenvalue weighted by atomic mass is 10.0. The van der Waals surface area contributed by atoms with Crippen LogP contribution in [0.4, 0.5) is 5.69 Å². The molecular formula is C33H27N5O2. The Labute approximate surface area is 232 Å². The predicted molar refractivity (Wildman–Crippen MR) is 158 cm³/mol. The van der Waals surface area contributed by atoms with Gasteiger partial charge in [0.1, 0.15) is 0 Å². The lowest BCUT2D eigenvalue weighted by molar-refractivity contribution is -0.114. The fourth-order valence-electron chi connectivity index (χ4n) is 4.71. The van der Waals surface area contributed by atoms with Gasteiger partial charge in [-0.1, -0.05) is 72.3 Å². The molecule has 0 radical (unpaired) electrons. The number of hydrogen-bond donors (Lipinski definition) is 2. The highest BCUT2D eigenvalue weighted by Gasteiger charge is 2.19. The normalized spacial score (nSPS) is 10.9. The van der Waals surface area contributed by atoms with E-state index in [4.69, 9.17) is 5.10 Å². The Morgan fingerprint density at radius 3 is 2.08 bits per heavy atom. The second kappa shape index (κ2) is 10.4. The van der Waals surface area contributed by atoms with Crippen molar-refractivity contribution in [3.8, 4) is 50.9 Å². The molecule has 0 atom stereocenters. The molecule has 6 aromatic rings. The van der Waals surface area contributed by atoms with Crippen molar-refractivity contribution in [3.63, 3.8) is 0 Å². The second-order valence-electron chi connectivity index (χ2n) is 9.62. The van der Waals surface area contributed by atoms with Gasteiger partial charge in [-0.15, -0.1) is 5.10 Å². The van der Waals surface area contributed by atoms with E-state index in [0.29, 0.717) is 16.8 Å². The zero-order chi connectivity index (χ0) is 27.6. The summed E-state index contributed by atoms with van der Waals surface area (Å²) in [5.74, 6) is -0.346. The second-order valence-corrected chi connectivity index (χ2v) is 9.62. The average Bonchev–Trinajstić information content (AvgIpc) is 3.59. The minimum Gasteiger partial charge on any atom is -0.492 e. The van der Waals surface area contributed by atoms with Crippen LogP contribution in [0.3, 0.4) is 0 Å². The number of carbonyl (C=O) groups excluding carboxylic acids is 1. The summed E-state index contributed by atoms with van der Waals surface area (Å²) in [6, 6.07) is 35.7. The van der Waals surface area contributed by atoms with E-state index < -0.39 is 0 Å². The van der Waals surface area contributed by atoms with Crippen molar-refractivity contribution >= 4 is 11.6 Å². The summed E-state index contributed by atoms with van der Waals surface area (Å²) >= 11 is 0. The van der Waals surface area contributed by atoms with Crippen LogP contribution in [0.25, 0.3) is 45.0 Å². The maximum atomic E-state index is 12.0. The molecule has 0 fully saturated rings. The molecule has 2 aromatic heterocycles. The molecule has 40 heavy (non-hydrogen) atoms. The van der Waals surface area contributed by atoms with Gasteiger partial charge in [-0.3, -0.25) is 4.79 Å². The van der Waals surface area contributed by atoms with E-state index in [9.17, 15) is 9.90 Å². The molecule has 0 spiro atoms. The van der Waals surface area contributed by atoms with Gasteiger partial charge in [-0.05, 0) is 49.4 Å². The van der Waals surface area contributed by atoms with Crippen molar-refractivity contribution in [2.24, 2.45) is 0 Å². The Kier molecular flexibility index (Phi) is 6.46. The average molecular weight is 526 g/mol. The molecule has 0 aliphatic heterocycles. The molecule has 2 heterocycles. The van der Waals surface area contributed by atoms with Crippen molar-refractivity contribution in [3.05, 3.63) is 121 Å². The van der Waals surface area contributed by atoms with Crippen LogP contribution < -0.4 is 5.32 Å². The fraction of sp³-hybridized carbons (Fsp3) is 0.0606. The molecule has 6 rings (SSSR count). The Hall–Kier alpha value is -5.43. The molecule has 0 bridgehead atoms. The Balaban J connectivity index is 1.50. The summed E-state index contributed by atoms with van der Waals surface area (Å²) in [5, 5.41) is 23.1. The monoisotopic (exact) mass is 525 g/mol. The lowest BCUT2D eigenvalue weighted by Gasteiger charge is -2.11. The molecule has 196 valence electrons. The Morgan fingerprint density at radius 1 is 0.750 bits per heavy atom. The molecule has 2 N–H and O–H groups in total. The van der Waals surface area contributed by atoms with Gasteiger partial charge in [-0.25, -0.2) is 9.36 Å². The van der Waals surface area contributed by atoms with Crippen LogP contribution >= 0.6 is 0 Å². The van der Waals surface area contributed by atoms with Crippen LogP contribution in [-0.2, 0) is 4.79 Å². The third-order valence-corrected chi connectivity index (χ3v) is 6.69. The third-order valence-electron chi connectivity index (χ3n) is 6.69. The summed E-state index contributed by atoms with van der Waals surface area (Å²) in [6.07, 6.45) is 1.76. The minimum absolute atomic E-state index is 0.136. The van der Waals surface area contributed by atoms with E-state index in [2.05, 4.69) is 47.7 Å². The highest BCUT2D eigenvalue weighted by molar-refractivity contribution is 5.96. The Bertz CT molecular complexity index is 1800. The number of hydrogen-bond acceptors (Lipinski definition) is 4. The number of aromatic nitrogens is 4. The molecule has 7 heteroatoms. The maximum Gasteiger partial charge on any atom is 0.238 e. The van der Waals surface area contributed by atoms with Crippen LogP contribution in [0.5, 0.6) is 5.88 Å². The molecule has 1 amide bonds. The van der Waals surface area contributed by atoms with Crippen molar-refractivity contribution in [2.75, 3.05) is 5.32 Å². The number of amides is 1. The van der Waals surface area contributed by atoms with Gasteiger partial charge in [0, 0.05) is 35.5 Å². The first-order valence-electron chi connectivity index (χ1n) is 13.0. The molecule has 0 saturated heterocycles. The first-order valence-corrected chi connectivity index (χ1v) is 13.0. The predicted octanol–water partition coefficient (Wildman–Crippen LogP) is 7.03. The topological polar surface area (TPSA) is 85.0 Å². The van der Waals surface area contributed by atoms with Crippen LogP contribution in [0.1, 0.15) is 12.5 Å². The highest BCUT2D eigenvalue weighted by Crippen LogP contribution is 2.38. The van der Waals surface area contributed by atoms with E-state index in [1.54, 1.807) is 10.9 Å². The molecule has 4 aromatic carbocycles. The summed E-state index contributed by atoms with van der Waals surface area (Å²) in [5.41, 5.74) is 8.23. The highest BCUT2D eigenvalue weighted by atomic mass is 16.3. The molecule has 0 aliphatic carbocycles. The molecule has 0 saturated carbocycles. The number of carbonyl (C=O) groups is 1. The molecule has 0 unspecified atom stereocenters. The number of anilines is 1. The van der Waals surface area contributed by atoms with Gasteiger partial charge >= 0.3 is 0 Å². The quantitative estimate of drug-likeness (QED) is 0.244. The van der Waals surface area contributed by atoms with E-state index in [0.717, 1.165) is 33.9 Å². The van der Waals surface area contributed by atoms with E-state index in [1.165, 1.54) is 12.5 Å². The lowest BCUT2D eigenvalue weighted by Crippen LogP contribution is -2.07. The third kappa shape index (κ3) is 4.88. The SMILES string of the molecule is CC(=O)Nc1ccc(-c2cc(-c3ccc(C)cc3)n(-c3ccccc3)n2)cc1-c1cn(-c2ccccc2)nc1O. The van der Waals surface area contributed by atoms with Crippen molar-refractivity contribution < 1.29 is 9.90 Å². The van der Waals surface area contributed by atoms with Crippen LogP contribution in [0, 0.1) is 6.92 Å². The minimum atomic E-state index is -0.209. The maximum absolute atomic E-state index is 12.0. The summed E-state index contributed by atoms with van der Waals surface area (Å²) in [7, 11) is 0. The van der Waals surface area contributed by atoms with E-state index in [1.807, 2.05) is 83.5 Å². The van der Waals surface area contributed by atoms with Gasteiger partial charge in [0.2, 0.25) is 11.8 Å². The number of rotatable bonds is 6. The number of benzene rings is 4. The Morgan fingerprint density at radius 2 is 1.40 bits per heavy atom. The van der Waals surface area contributed by atoms with Gasteiger partial charge in [0.25, 0.3) is 0 Å². The number of para-hydroxylation sites is 2. The van der Waals surface area contributed by atoms with Crippen molar-refractivity contribution in [2.45, 2.75) is 13.8 Å². The largest absolute Gasteiger partial charge is 0.492 e. The van der Waals surface area contributed by atoms with E-state index >= 15 is 0 Å². The smallest absolute Gasteiger partial charge is 0.238 e. The van der Waals surface area contributed by atoms with Crippen LogP contribution in [0.15, 0.2) is 115 Å².